The Labute approximate surface area is 349 Å². The van der Waals surface area contributed by atoms with Crippen LogP contribution in [0.2, 0.25) is 0 Å². The van der Waals surface area contributed by atoms with Crippen LogP contribution in [0.3, 0.4) is 0 Å². The van der Waals surface area contributed by atoms with Crippen molar-refractivity contribution in [3.8, 4) is 17.0 Å². The number of piperazine rings is 2. The van der Waals surface area contributed by atoms with Crippen LogP contribution < -0.4 is 20.4 Å². The minimum absolute atomic E-state index is 0.00336. The van der Waals surface area contributed by atoms with E-state index in [1.165, 1.54) is 28.0 Å². The Balaban J connectivity index is 0.813. The van der Waals surface area contributed by atoms with Crippen molar-refractivity contribution in [1.82, 2.24) is 35.1 Å². The molecule has 2 aromatic carbocycles. The Morgan fingerprint density at radius 1 is 0.951 bits per heavy atom. The molecule has 15 nitrogen and oxygen atoms in total. The first kappa shape index (κ1) is 40.7. The van der Waals surface area contributed by atoms with E-state index in [4.69, 9.17) is 0 Å². The predicted molar refractivity (Wildman–Crippen MR) is 215 cm³/mol. The van der Waals surface area contributed by atoms with Gasteiger partial charge in [-0.3, -0.25) is 24.6 Å². The molecule has 19 heteroatoms. The summed E-state index contributed by atoms with van der Waals surface area (Å²) in [5, 5.41) is 23.6. The normalized spacial score (nSPS) is 26.2. The number of alkyl halides is 3. The van der Waals surface area contributed by atoms with Crippen LogP contribution >= 0.6 is 0 Å². The van der Waals surface area contributed by atoms with Gasteiger partial charge in [0.15, 0.2) is 22.9 Å². The van der Waals surface area contributed by atoms with Crippen molar-refractivity contribution in [1.29, 1.82) is 0 Å². The number of hydrogen-bond acceptors (Lipinski definition) is 11. The number of nitrogens with zero attached hydrogens (tertiary/aromatic N) is 8. The number of halogens is 4. The van der Waals surface area contributed by atoms with E-state index in [1.807, 2.05) is 32.0 Å². The van der Waals surface area contributed by atoms with Crippen molar-refractivity contribution in [2.75, 3.05) is 74.0 Å². The van der Waals surface area contributed by atoms with Crippen LogP contribution in [-0.2, 0) is 16.1 Å². The molecule has 7 heterocycles. The maximum absolute atomic E-state index is 15.3. The number of piperidine rings is 2. The second kappa shape index (κ2) is 15.3. The minimum Gasteiger partial charge on any atom is -0.504 e. The lowest BCUT2D eigenvalue weighted by atomic mass is 9.89. The SMILES string of the molecule is C[C@@H]1CN(CC2CCN(c3ccc4c(c3)C(=O)N([C@H]3CCC(=O)NC3=O)C4)CC2)C[C@@H](C)N1C(=O)N1CCN2c3cc(-c4cccc(F)c4O)nnc3NC[C@@]2(C(F)(F)F)C1. The van der Waals surface area contributed by atoms with Gasteiger partial charge in [0, 0.05) is 87.7 Å². The summed E-state index contributed by atoms with van der Waals surface area (Å²) in [5.74, 6) is -2.00. The number of carbonyl (C=O) groups excluding carboxylic acids is 4. The number of fused-ring (bicyclic) bond motifs is 4. The van der Waals surface area contributed by atoms with Gasteiger partial charge in [-0.2, -0.15) is 13.2 Å². The highest BCUT2D eigenvalue weighted by atomic mass is 19.4. The largest absolute Gasteiger partial charge is 0.504 e. The van der Waals surface area contributed by atoms with E-state index in [0.717, 1.165) is 49.8 Å². The smallest absolute Gasteiger partial charge is 0.415 e. The lowest BCUT2D eigenvalue weighted by Gasteiger charge is -2.55. The third kappa shape index (κ3) is 7.13. The summed E-state index contributed by atoms with van der Waals surface area (Å²) in [6.07, 6.45) is -2.40. The van der Waals surface area contributed by atoms with Crippen LogP contribution in [0.1, 0.15) is 55.5 Å². The van der Waals surface area contributed by atoms with Crippen molar-refractivity contribution in [2.24, 2.45) is 5.92 Å². The lowest BCUT2D eigenvalue weighted by Crippen LogP contribution is -2.75. The number of carbonyl (C=O) groups is 4. The van der Waals surface area contributed by atoms with E-state index in [-0.39, 0.29) is 66.2 Å². The Hall–Kier alpha value is -5.72. The van der Waals surface area contributed by atoms with Gasteiger partial charge in [-0.1, -0.05) is 12.1 Å². The van der Waals surface area contributed by atoms with E-state index in [9.17, 15) is 28.7 Å². The number of anilines is 3. The fourth-order valence-corrected chi connectivity index (χ4v) is 10.3. The Bertz CT molecular complexity index is 2260. The average molecular weight is 849 g/mol. The van der Waals surface area contributed by atoms with E-state index >= 15 is 13.2 Å². The van der Waals surface area contributed by atoms with Crippen molar-refractivity contribution in [3.63, 3.8) is 0 Å². The van der Waals surface area contributed by atoms with Crippen LogP contribution in [-0.4, -0.2) is 147 Å². The van der Waals surface area contributed by atoms with Crippen LogP contribution in [0.25, 0.3) is 11.3 Å². The molecule has 1 aromatic heterocycles. The molecule has 61 heavy (non-hydrogen) atoms. The Kier molecular flexibility index (Phi) is 10.2. The summed E-state index contributed by atoms with van der Waals surface area (Å²) in [6, 6.07) is 9.49. The molecule has 0 aliphatic carbocycles. The third-order valence-corrected chi connectivity index (χ3v) is 13.5. The first-order valence-corrected chi connectivity index (χ1v) is 20.9. The maximum Gasteiger partial charge on any atom is 0.415 e. The molecule has 3 aromatic rings. The van der Waals surface area contributed by atoms with Crippen LogP contribution in [0.15, 0.2) is 42.5 Å². The van der Waals surface area contributed by atoms with Gasteiger partial charge in [0.05, 0.1) is 24.5 Å². The van der Waals surface area contributed by atoms with Crippen LogP contribution in [0, 0.1) is 11.7 Å². The topological polar surface area (TPSA) is 158 Å². The molecule has 324 valence electrons. The van der Waals surface area contributed by atoms with E-state index in [0.29, 0.717) is 37.5 Å². The summed E-state index contributed by atoms with van der Waals surface area (Å²) in [5.41, 5.74) is 0.0366. The second-order valence-electron chi connectivity index (χ2n) is 17.3. The standard InChI is InChI=1S/C42H48F4N10O5/c1-24-18-51(20-26-10-12-52(13-11-26)28-7-6-27-21-54(39(60)30(27)16-28)33-8-9-35(57)48-38(33)59)19-25(2)56(24)40(61)53-14-15-55-34-17-32(29-4-3-5-31(43)36(29)58)49-50-37(34)47-22-41(55,23-53)42(44,45)46/h3-7,16-17,24-26,33,58H,8-15,18-23H2,1-2H3,(H,47,50)(H,48,57,59)/t24-,25-,33+,41+/m1/s1. The fraction of sp³-hybridized carbons (Fsp3) is 0.524. The van der Waals surface area contributed by atoms with Gasteiger partial charge in [0.25, 0.3) is 5.91 Å². The molecule has 3 N–H and O–H groups in total. The number of aromatic hydroxyl groups is 1. The fourth-order valence-electron chi connectivity index (χ4n) is 10.3. The van der Waals surface area contributed by atoms with Gasteiger partial charge < -0.3 is 34.9 Å². The summed E-state index contributed by atoms with van der Waals surface area (Å²) in [4.78, 5) is 62.2. The van der Waals surface area contributed by atoms with Gasteiger partial charge in [0.2, 0.25) is 11.8 Å². The molecule has 0 unspecified atom stereocenters. The third-order valence-electron chi connectivity index (χ3n) is 13.5. The highest BCUT2D eigenvalue weighted by molar-refractivity contribution is 6.05. The zero-order chi connectivity index (χ0) is 43.0. The minimum atomic E-state index is -4.76. The molecule has 0 bridgehead atoms. The van der Waals surface area contributed by atoms with Gasteiger partial charge in [-0.05, 0) is 74.9 Å². The number of phenols is 1. The van der Waals surface area contributed by atoms with Crippen LogP contribution in [0.5, 0.6) is 5.75 Å². The summed E-state index contributed by atoms with van der Waals surface area (Å²) >= 11 is 0. The molecule has 0 radical (unpaired) electrons. The van der Waals surface area contributed by atoms with E-state index < -0.39 is 54.4 Å². The molecule has 4 saturated heterocycles. The Morgan fingerprint density at radius 2 is 1.70 bits per heavy atom. The average Bonchev–Trinajstić information content (AvgIpc) is 3.55. The van der Waals surface area contributed by atoms with Gasteiger partial charge in [0.1, 0.15) is 6.04 Å². The molecule has 6 aliphatic rings. The zero-order valence-corrected chi connectivity index (χ0v) is 33.9. The number of nitrogens with one attached hydrogen (secondary N) is 2. The molecular weight excluding hydrogens is 801 g/mol. The monoisotopic (exact) mass is 848 g/mol. The van der Waals surface area contributed by atoms with Gasteiger partial charge in [-0.25, -0.2) is 9.18 Å². The number of aromatic nitrogens is 2. The molecule has 5 amide bonds. The van der Waals surface area contributed by atoms with E-state index in [1.54, 1.807) is 9.80 Å². The molecule has 4 fully saturated rings. The maximum atomic E-state index is 15.3. The summed E-state index contributed by atoms with van der Waals surface area (Å²) < 4.78 is 60.1. The van der Waals surface area contributed by atoms with Crippen molar-refractivity contribution >= 4 is 40.9 Å². The first-order chi connectivity index (χ1) is 29.1. The summed E-state index contributed by atoms with van der Waals surface area (Å²) in [7, 11) is 0. The molecule has 4 atom stereocenters. The second-order valence-corrected chi connectivity index (χ2v) is 17.3. The highest BCUT2D eigenvalue weighted by Gasteiger charge is 2.63. The number of rotatable bonds is 5. The molecular formula is C42H48F4N10O5. The highest BCUT2D eigenvalue weighted by Crippen LogP contribution is 2.47. The first-order valence-electron chi connectivity index (χ1n) is 20.9. The summed E-state index contributed by atoms with van der Waals surface area (Å²) in [6.45, 7) is 6.53. The number of hydrogen-bond donors (Lipinski definition) is 3. The number of imide groups is 1. The molecule has 9 rings (SSSR count). The number of urea groups is 1. The number of para-hydroxylation sites is 1. The van der Waals surface area contributed by atoms with Crippen LogP contribution in [0.4, 0.5) is 39.5 Å². The van der Waals surface area contributed by atoms with Gasteiger partial charge in [-0.15, -0.1) is 10.2 Å². The van der Waals surface area contributed by atoms with Crippen molar-refractivity contribution in [2.45, 2.75) is 75.9 Å². The van der Waals surface area contributed by atoms with E-state index in [2.05, 4.69) is 30.6 Å². The zero-order valence-electron chi connectivity index (χ0n) is 33.9. The van der Waals surface area contributed by atoms with Crippen molar-refractivity contribution < 1.29 is 41.8 Å². The lowest BCUT2D eigenvalue weighted by molar-refractivity contribution is -0.191. The number of amides is 5. The quantitative estimate of drug-likeness (QED) is 0.252. The van der Waals surface area contributed by atoms with Crippen molar-refractivity contribution in [3.05, 3.63) is 59.4 Å². The molecule has 0 spiro atoms. The Morgan fingerprint density at radius 3 is 2.43 bits per heavy atom. The van der Waals surface area contributed by atoms with Gasteiger partial charge >= 0.3 is 12.2 Å². The predicted octanol–water partition coefficient (Wildman–Crippen LogP) is 4.03. The number of benzene rings is 2. The number of phenolic OH excluding ortho intramolecular Hbond substituents is 1. The molecule has 0 saturated carbocycles. The molecule has 6 aliphatic heterocycles.